The van der Waals surface area contributed by atoms with Crippen LogP contribution in [0.3, 0.4) is 0 Å². The van der Waals surface area contributed by atoms with Crippen molar-refractivity contribution in [3.63, 3.8) is 0 Å². The molecule has 3 atom stereocenters. The van der Waals surface area contributed by atoms with Gasteiger partial charge in [0.1, 0.15) is 0 Å². The molecule has 2 aliphatic carbocycles. The molecule has 0 amide bonds. The number of halogens is 1. The molecule has 2 bridgehead atoms. The molecule has 0 aromatic heterocycles. The lowest BCUT2D eigenvalue weighted by Crippen LogP contribution is -2.35. The quantitative estimate of drug-likeness (QED) is 0.606. The largest absolute Gasteiger partial charge is 0.0925 e. The molecule has 2 fully saturated rings. The molecule has 0 radical (unpaired) electrons. The minimum atomic E-state index is 0.644. The first-order valence-electron chi connectivity index (χ1n) is 5.65. The molecule has 76 valence electrons. The van der Waals surface area contributed by atoms with E-state index < -0.39 is 0 Å². The Bertz CT molecular complexity index is 170. The monoisotopic (exact) mass is 244 g/mol. The summed E-state index contributed by atoms with van der Waals surface area (Å²) in [6.07, 6.45) is 7.48. The van der Waals surface area contributed by atoms with E-state index in [0.29, 0.717) is 5.41 Å². The summed E-state index contributed by atoms with van der Waals surface area (Å²) in [6.45, 7) is 4.92. The van der Waals surface area contributed by atoms with Crippen LogP contribution in [0.25, 0.3) is 0 Å². The number of alkyl halides is 1. The molecular formula is C12H21Br. The van der Waals surface area contributed by atoms with Gasteiger partial charge in [0.2, 0.25) is 0 Å². The number of hydrogen-bond donors (Lipinski definition) is 0. The summed E-state index contributed by atoms with van der Waals surface area (Å²) < 4.78 is 0. The SMILES string of the molecule is CC1(C)C[C@@H]2CC(CBr)C[C@@H](C2)C1. The molecule has 0 aromatic rings. The van der Waals surface area contributed by atoms with Crippen LogP contribution in [0, 0.1) is 23.2 Å². The molecule has 13 heavy (non-hydrogen) atoms. The summed E-state index contributed by atoms with van der Waals surface area (Å²) in [6, 6.07) is 0. The molecule has 0 N–H and O–H groups in total. The van der Waals surface area contributed by atoms with Crippen LogP contribution < -0.4 is 0 Å². The summed E-state index contributed by atoms with van der Waals surface area (Å²) in [7, 11) is 0. The van der Waals surface area contributed by atoms with Crippen LogP contribution in [0.5, 0.6) is 0 Å². The third-order valence-electron chi connectivity index (χ3n) is 3.90. The molecule has 1 unspecified atom stereocenters. The average molecular weight is 245 g/mol. The van der Waals surface area contributed by atoms with E-state index >= 15 is 0 Å². The molecular weight excluding hydrogens is 224 g/mol. The topological polar surface area (TPSA) is 0 Å². The third-order valence-corrected chi connectivity index (χ3v) is 4.82. The Morgan fingerprint density at radius 3 is 2.08 bits per heavy atom. The van der Waals surface area contributed by atoms with Crippen molar-refractivity contribution in [1.29, 1.82) is 0 Å². The van der Waals surface area contributed by atoms with Crippen molar-refractivity contribution in [2.75, 3.05) is 5.33 Å². The summed E-state index contributed by atoms with van der Waals surface area (Å²) >= 11 is 3.65. The van der Waals surface area contributed by atoms with Gasteiger partial charge >= 0.3 is 0 Å². The van der Waals surface area contributed by atoms with Crippen LogP contribution in [0.1, 0.15) is 46.0 Å². The van der Waals surface area contributed by atoms with Crippen LogP contribution in [0.15, 0.2) is 0 Å². The van der Waals surface area contributed by atoms with E-state index in [2.05, 4.69) is 29.8 Å². The zero-order chi connectivity index (χ0) is 9.47. The number of rotatable bonds is 1. The second kappa shape index (κ2) is 3.56. The van der Waals surface area contributed by atoms with Crippen LogP contribution in [-0.2, 0) is 0 Å². The van der Waals surface area contributed by atoms with Crippen molar-refractivity contribution in [1.82, 2.24) is 0 Å². The van der Waals surface area contributed by atoms with Crippen molar-refractivity contribution in [3.8, 4) is 0 Å². The van der Waals surface area contributed by atoms with Gasteiger partial charge in [-0.2, -0.15) is 0 Å². The Morgan fingerprint density at radius 2 is 1.62 bits per heavy atom. The van der Waals surface area contributed by atoms with Crippen molar-refractivity contribution >= 4 is 15.9 Å². The Kier molecular flexibility index (Phi) is 2.75. The highest BCUT2D eigenvalue weighted by molar-refractivity contribution is 9.09. The van der Waals surface area contributed by atoms with Gasteiger partial charge < -0.3 is 0 Å². The van der Waals surface area contributed by atoms with Gasteiger partial charge in [-0.15, -0.1) is 0 Å². The van der Waals surface area contributed by atoms with Crippen molar-refractivity contribution in [3.05, 3.63) is 0 Å². The minimum Gasteiger partial charge on any atom is -0.0925 e. The van der Waals surface area contributed by atoms with Crippen molar-refractivity contribution in [2.45, 2.75) is 46.0 Å². The second-order valence-corrected chi connectivity index (χ2v) is 6.68. The van der Waals surface area contributed by atoms with E-state index in [9.17, 15) is 0 Å². The summed E-state index contributed by atoms with van der Waals surface area (Å²) in [5, 5.41) is 1.24. The maximum Gasteiger partial charge on any atom is 0.00598 e. The van der Waals surface area contributed by atoms with Crippen LogP contribution >= 0.6 is 15.9 Å². The van der Waals surface area contributed by atoms with Crippen LogP contribution in [-0.4, -0.2) is 5.33 Å². The molecule has 0 heterocycles. The Balaban J connectivity index is 2.01. The first-order valence-corrected chi connectivity index (χ1v) is 6.77. The smallest absolute Gasteiger partial charge is 0.00598 e. The molecule has 2 aliphatic rings. The first kappa shape index (κ1) is 10.0. The summed E-state index contributed by atoms with van der Waals surface area (Å²) in [4.78, 5) is 0. The molecule has 0 spiro atoms. The van der Waals surface area contributed by atoms with Gasteiger partial charge in [-0.05, 0) is 55.3 Å². The normalized spacial score (nSPS) is 43.2. The van der Waals surface area contributed by atoms with E-state index in [1.54, 1.807) is 0 Å². The Hall–Kier alpha value is 0.480. The highest BCUT2D eigenvalue weighted by Crippen LogP contribution is 2.50. The zero-order valence-corrected chi connectivity index (χ0v) is 10.4. The van der Waals surface area contributed by atoms with Gasteiger partial charge in [0.25, 0.3) is 0 Å². The lowest BCUT2D eigenvalue weighted by Gasteiger charge is -2.46. The van der Waals surface area contributed by atoms with Crippen molar-refractivity contribution < 1.29 is 0 Å². The molecule has 2 rings (SSSR count). The fourth-order valence-corrected chi connectivity index (χ4v) is 4.34. The van der Waals surface area contributed by atoms with Crippen LogP contribution in [0.2, 0.25) is 0 Å². The maximum atomic E-state index is 3.65. The van der Waals surface area contributed by atoms with Gasteiger partial charge in [-0.1, -0.05) is 29.8 Å². The van der Waals surface area contributed by atoms with Gasteiger partial charge in [0.05, 0.1) is 0 Å². The molecule has 0 nitrogen and oxygen atoms in total. The lowest BCUT2D eigenvalue weighted by molar-refractivity contribution is 0.0597. The highest BCUT2D eigenvalue weighted by atomic mass is 79.9. The van der Waals surface area contributed by atoms with E-state index in [1.807, 2.05) is 0 Å². The molecule has 0 aromatic carbocycles. The van der Waals surface area contributed by atoms with E-state index in [0.717, 1.165) is 17.8 Å². The third kappa shape index (κ3) is 2.29. The maximum absolute atomic E-state index is 3.65. The molecule has 0 saturated heterocycles. The molecule has 2 saturated carbocycles. The predicted octanol–water partition coefficient (Wildman–Crippen LogP) is 4.23. The summed E-state index contributed by atoms with van der Waals surface area (Å²) in [5.41, 5.74) is 0.644. The van der Waals surface area contributed by atoms with E-state index in [-0.39, 0.29) is 0 Å². The Labute approximate surface area is 90.6 Å². The standard InChI is InChI=1S/C12H21Br/c1-12(2)6-9-3-10(7-12)5-11(4-9)8-13/h9-11H,3-8H2,1-2H3/t9-,10+,11?. The van der Waals surface area contributed by atoms with Gasteiger partial charge in [0.15, 0.2) is 0 Å². The zero-order valence-electron chi connectivity index (χ0n) is 8.85. The average Bonchev–Trinajstić information content (AvgIpc) is 1.99. The summed E-state index contributed by atoms with van der Waals surface area (Å²) in [5.74, 6) is 3.08. The molecule has 1 heteroatoms. The first-order chi connectivity index (χ1) is 6.09. The van der Waals surface area contributed by atoms with E-state index in [4.69, 9.17) is 0 Å². The lowest BCUT2D eigenvalue weighted by atomic mass is 9.60. The number of hydrogen-bond acceptors (Lipinski definition) is 0. The predicted molar refractivity (Wildman–Crippen MR) is 61.1 cm³/mol. The van der Waals surface area contributed by atoms with Gasteiger partial charge in [-0.3, -0.25) is 0 Å². The van der Waals surface area contributed by atoms with Gasteiger partial charge in [0, 0.05) is 5.33 Å². The minimum absolute atomic E-state index is 0.644. The van der Waals surface area contributed by atoms with E-state index in [1.165, 1.54) is 37.4 Å². The second-order valence-electron chi connectivity index (χ2n) is 6.03. The van der Waals surface area contributed by atoms with Gasteiger partial charge in [-0.25, -0.2) is 0 Å². The fourth-order valence-electron chi connectivity index (χ4n) is 3.81. The Morgan fingerprint density at radius 1 is 1.08 bits per heavy atom. The van der Waals surface area contributed by atoms with Crippen molar-refractivity contribution in [2.24, 2.45) is 23.2 Å². The number of fused-ring (bicyclic) bond motifs is 2. The van der Waals surface area contributed by atoms with Crippen LogP contribution in [0.4, 0.5) is 0 Å². The fraction of sp³-hybridized carbons (Fsp3) is 1.00. The molecule has 0 aliphatic heterocycles. The highest BCUT2D eigenvalue weighted by Gasteiger charge is 2.38.